The number of nitrogens with one attached hydrogen (secondary N) is 1. The highest BCUT2D eigenvalue weighted by atomic mass is 16.1. The number of nitrogens with two attached hydrogens (primary N) is 1. The predicted molar refractivity (Wildman–Crippen MR) is 60.8 cm³/mol. The van der Waals surface area contributed by atoms with E-state index < -0.39 is 0 Å². The summed E-state index contributed by atoms with van der Waals surface area (Å²) in [4.78, 5) is 20.3. The first-order valence-electron chi connectivity index (χ1n) is 5.03. The molecule has 0 fully saturated rings. The van der Waals surface area contributed by atoms with Gasteiger partial charge in [0, 0.05) is 13.1 Å². The second-order valence-electron chi connectivity index (χ2n) is 3.54. The lowest BCUT2D eigenvalue weighted by atomic mass is 10.2. The van der Waals surface area contributed by atoms with Gasteiger partial charge < -0.3 is 10.6 Å². The Hall–Kier alpha value is -1.78. The molecule has 0 aromatic carbocycles. The first kappa shape index (κ1) is 9.76. The summed E-state index contributed by atoms with van der Waals surface area (Å²) >= 11 is 0. The molecule has 80 valence electrons. The van der Waals surface area contributed by atoms with Crippen LogP contribution >= 0.6 is 0 Å². The molecule has 0 atom stereocenters. The third-order valence-electron chi connectivity index (χ3n) is 2.36. The van der Waals surface area contributed by atoms with Crippen molar-refractivity contribution in [2.24, 2.45) is 0 Å². The molecule has 0 unspecified atom stereocenters. The van der Waals surface area contributed by atoms with E-state index in [0.717, 1.165) is 19.5 Å². The van der Waals surface area contributed by atoms with Crippen LogP contribution in [0.4, 0.5) is 11.8 Å². The van der Waals surface area contributed by atoms with Crippen molar-refractivity contribution in [1.82, 2.24) is 9.97 Å². The van der Waals surface area contributed by atoms with Crippen molar-refractivity contribution in [3.63, 3.8) is 0 Å². The summed E-state index contributed by atoms with van der Waals surface area (Å²) in [7, 11) is 0. The van der Waals surface area contributed by atoms with Gasteiger partial charge in [-0.15, -0.1) is 0 Å². The van der Waals surface area contributed by atoms with Crippen LogP contribution in [-0.4, -0.2) is 23.1 Å². The van der Waals surface area contributed by atoms with Gasteiger partial charge in [0.1, 0.15) is 5.82 Å². The first-order valence-corrected chi connectivity index (χ1v) is 5.03. The first-order chi connectivity index (χ1) is 7.22. The van der Waals surface area contributed by atoms with Crippen molar-refractivity contribution in [2.45, 2.75) is 13.3 Å². The number of nitrogens with zero attached hydrogens (tertiary/aromatic N) is 2. The summed E-state index contributed by atoms with van der Waals surface area (Å²) in [5, 5.41) is 0. The fourth-order valence-corrected chi connectivity index (χ4v) is 1.73. The van der Waals surface area contributed by atoms with Crippen LogP contribution in [0, 0.1) is 0 Å². The highest BCUT2D eigenvalue weighted by molar-refractivity contribution is 5.67. The summed E-state index contributed by atoms with van der Waals surface area (Å²) < 4.78 is 0. The van der Waals surface area contributed by atoms with Crippen LogP contribution in [0.3, 0.4) is 0 Å². The quantitative estimate of drug-likeness (QED) is 0.742. The highest BCUT2D eigenvalue weighted by Gasteiger charge is 2.17. The lowest BCUT2D eigenvalue weighted by molar-refractivity contribution is 0.793. The van der Waals surface area contributed by atoms with Gasteiger partial charge in [0.05, 0.1) is 5.56 Å². The van der Waals surface area contributed by atoms with E-state index >= 15 is 0 Å². The molecule has 5 heteroatoms. The SMILES string of the molecule is CCCN1CC=Cc2c1nc(N)[nH]c2=O. The maximum Gasteiger partial charge on any atom is 0.261 e. The van der Waals surface area contributed by atoms with E-state index in [4.69, 9.17) is 5.73 Å². The van der Waals surface area contributed by atoms with Crippen molar-refractivity contribution < 1.29 is 0 Å². The Balaban J connectivity index is 2.51. The van der Waals surface area contributed by atoms with Gasteiger partial charge >= 0.3 is 0 Å². The lowest BCUT2D eigenvalue weighted by Crippen LogP contribution is -2.31. The van der Waals surface area contributed by atoms with E-state index in [1.54, 1.807) is 6.08 Å². The Morgan fingerprint density at radius 1 is 1.67 bits per heavy atom. The molecule has 2 heterocycles. The molecular formula is C10H14N4O. The normalized spacial score (nSPS) is 14.1. The summed E-state index contributed by atoms with van der Waals surface area (Å²) in [6.07, 6.45) is 4.78. The molecule has 0 saturated carbocycles. The van der Waals surface area contributed by atoms with Crippen molar-refractivity contribution in [1.29, 1.82) is 0 Å². The fourth-order valence-electron chi connectivity index (χ4n) is 1.73. The van der Waals surface area contributed by atoms with E-state index in [-0.39, 0.29) is 11.5 Å². The van der Waals surface area contributed by atoms with E-state index in [1.807, 2.05) is 6.08 Å². The van der Waals surface area contributed by atoms with Crippen LogP contribution in [0.25, 0.3) is 6.08 Å². The Morgan fingerprint density at radius 3 is 3.20 bits per heavy atom. The van der Waals surface area contributed by atoms with Gasteiger partial charge in [-0.05, 0) is 12.5 Å². The minimum atomic E-state index is -0.172. The molecule has 0 saturated heterocycles. The van der Waals surface area contributed by atoms with Crippen LogP contribution < -0.4 is 16.2 Å². The Morgan fingerprint density at radius 2 is 2.47 bits per heavy atom. The minimum Gasteiger partial charge on any atom is -0.369 e. The summed E-state index contributed by atoms with van der Waals surface area (Å²) in [5.41, 5.74) is 5.95. The molecule has 1 aromatic rings. The molecule has 2 rings (SSSR count). The Bertz CT molecular complexity index is 449. The maximum absolute atomic E-state index is 11.6. The monoisotopic (exact) mass is 206 g/mol. The average Bonchev–Trinajstić information content (AvgIpc) is 2.19. The Labute approximate surface area is 87.6 Å². The zero-order chi connectivity index (χ0) is 10.8. The molecule has 1 aliphatic heterocycles. The molecule has 0 amide bonds. The maximum atomic E-state index is 11.6. The van der Waals surface area contributed by atoms with Gasteiger partial charge in [-0.3, -0.25) is 9.78 Å². The van der Waals surface area contributed by atoms with E-state index in [2.05, 4.69) is 21.8 Å². The van der Waals surface area contributed by atoms with Gasteiger partial charge in [0.15, 0.2) is 0 Å². The lowest BCUT2D eigenvalue weighted by Gasteiger charge is -2.25. The van der Waals surface area contributed by atoms with Crippen molar-refractivity contribution in [3.05, 3.63) is 22.0 Å². The highest BCUT2D eigenvalue weighted by Crippen LogP contribution is 2.20. The van der Waals surface area contributed by atoms with Gasteiger partial charge in [-0.25, -0.2) is 0 Å². The molecule has 0 spiro atoms. The second-order valence-corrected chi connectivity index (χ2v) is 3.54. The summed E-state index contributed by atoms with van der Waals surface area (Å²) in [5.74, 6) is 0.871. The third kappa shape index (κ3) is 1.72. The topological polar surface area (TPSA) is 75.0 Å². The number of nitrogen functional groups attached to an aromatic ring is 1. The average molecular weight is 206 g/mol. The van der Waals surface area contributed by atoms with Crippen LogP contribution in [0.15, 0.2) is 10.9 Å². The molecule has 15 heavy (non-hydrogen) atoms. The second kappa shape index (κ2) is 3.76. The Kier molecular flexibility index (Phi) is 2.45. The van der Waals surface area contributed by atoms with E-state index in [9.17, 15) is 4.79 Å². The van der Waals surface area contributed by atoms with Gasteiger partial charge in [-0.2, -0.15) is 4.98 Å². The molecule has 0 aliphatic carbocycles. The number of rotatable bonds is 2. The molecule has 5 nitrogen and oxygen atoms in total. The zero-order valence-corrected chi connectivity index (χ0v) is 8.66. The predicted octanol–water partition coefficient (Wildman–Crippen LogP) is 0.595. The van der Waals surface area contributed by atoms with E-state index in [0.29, 0.717) is 11.4 Å². The number of aromatic amines is 1. The van der Waals surface area contributed by atoms with Crippen LogP contribution in [0.5, 0.6) is 0 Å². The molecule has 0 bridgehead atoms. The molecule has 0 radical (unpaired) electrons. The number of aromatic nitrogens is 2. The van der Waals surface area contributed by atoms with Crippen LogP contribution in [-0.2, 0) is 0 Å². The van der Waals surface area contributed by atoms with Crippen molar-refractivity contribution in [3.8, 4) is 0 Å². The van der Waals surface area contributed by atoms with Crippen LogP contribution in [0.2, 0.25) is 0 Å². The fraction of sp³-hybridized carbons (Fsp3) is 0.400. The van der Waals surface area contributed by atoms with Crippen molar-refractivity contribution in [2.75, 3.05) is 23.7 Å². The molecular weight excluding hydrogens is 192 g/mol. The van der Waals surface area contributed by atoms with Crippen molar-refractivity contribution >= 4 is 17.8 Å². The zero-order valence-electron chi connectivity index (χ0n) is 8.66. The smallest absolute Gasteiger partial charge is 0.261 e. The number of H-pyrrole nitrogens is 1. The minimum absolute atomic E-state index is 0.172. The molecule has 3 N–H and O–H groups in total. The van der Waals surface area contributed by atoms with E-state index in [1.165, 1.54) is 0 Å². The molecule has 1 aliphatic rings. The van der Waals surface area contributed by atoms with Gasteiger partial charge in [0.25, 0.3) is 5.56 Å². The molecule has 1 aromatic heterocycles. The number of fused-ring (bicyclic) bond motifs is 1. The number of hydrogen-bond acceptors (Lipinski definition) is 4. The largest absolute Gasteiger partial charge is 0.369 e. The third-order valence-corrected chi connectivity index (χ3v) is 2.36. The van der Waals surface area contributed by atoms with Gasteiger partial charge in [0.2, 0.25) is 5.95 Å². The summed E-state index contributed by atoms with van der Waals surface area (Å²) in [6.45, 7) is 3.76. The standard InChI is InChI=1S/C10H14N4O/c1-2-5-14-6-3-4-7-8(14)12-10(11)13-9(7)15/h3-4H,2,5-6H2,1H3,(H3,11,12,13,15). The number of hydrogen-bond donors (Lipinski definition) is 2. The summed E-state index contributed by atoms with van der Waals surface area (Å²) in [6, 6.07) is 0. The van der Waals surface area contributed by atoms with Crippen LogP contribution in [0.1, 0.15) is 18.9 Å². The number of anilines is 2. The van der Waals surface area contributed by atoms with Gasteiger partial charge in [-0.1, -0.05) is 13.0 Å².